The molecule has 0 fully saturated rings. The number of ether oxygens (including phenoxy) is 2. The van der Waals surface area contributed by atoms with E-state index in [4.69, 9.17) is 9.47 Å². The van der Waals surface area contributed by atoms with E-state index in [0.29, 0.717) is 24.6 Å². The van der Waals surface area contributed by atoms with Gasteiger partial charge in [0.25, 0.3) is 0 Å². The lowest BCUT2D eigenvalue weighted by Gasteiger charge is -2.16. The van der Waals surface area contributed by atoms with Crippen molar-refractivity contribution in [3.8, 4) is 0 Å². The molecule has 0 aromatic heterocycles. The van der Waals surface area contributed by atoms with Gasteiger partial charge < -0.3 is 19.3 Å². The Morgan fingerprint density at radius 3 is 1.22 bits per heavy atom. The zero-order chi connectivity index (χ0) is 33.5. The van der Waals surface area contributed by atoms with Crippen LogP contribution in [0.5, 0.6) is 0 Å². The van der Waals surface area contributed by atoms with Crippen LogP contribution in [0, 0.1) is 0 Å². The molecule has 8 heteroatoms. The van der Waals surface area contributed by atoms with Crippen molar-refractivity contribution >= 4 is 23.6 Å². The van der Waals surface area contributed by atoms with Crippen molar-refractivity contribution in [3.05, 3.63) is 24.3 Å². The van der Waals surface area contributed by atoms with Crippen LogP contribution < -0.4 is 10.6 Å². The molecule has 46 heavy (non-hydrogen) atoms. The first-order chi connectivity index (χ1) is 22.4. The molecular formula is C38H70N4O4. The minimum Gasteiger partial charge on any atom is -0.449 e. The van der Waals surface area contributed by atoms with Gasteiger partial charge in [0.05, 0.1) is 13.2 Å². The highest BCUT2D eigenvalue weighted by molar-refractivity contribution is 5.88. The lowest BCUT2D eigenvalue weighted by molar-refractivity contribution is 0.157. The Hall–Kier alpha value is -2.32. The van der Waals surface area contributed by atoms with E-state index in [0.717, 1.165) is 51.9 Å². The molecule has 1 rings (SSSR count). The summed E-state index contributed by atoms with van der Waals surface area (Å²) >= 11 is 0. The molecule has 2 N–H and O–H groups in total. The fourth-order valence-electron chi connectivity index (χ4n) is 5.53. The predicted octanol–water partition coefficient (Wildman–Crippen LogP) is 10.5. The first-order valence-corrected chi connectivity index (χ1v) is 18.8. The van der Waals surface area contributed by atoms with E-state index in [1.165, 1.54) is 103 Å². The first kappa shape index (κ1) is 41.7. The first-order valence-electron chi connectivity index (χ1n) is 18.8. The Morgan fingerprint density at radius 2 is 0.848 bits per heavy atom. The summed E-state index contributed by atoms with van der Waals surface area (Å²) in [6, 6.07) is 7.00. The summed E-state index contributed by atoms with van der Waals surface area (Å²) in [6.07, 6.45) is 24.2. The van der Waals surface area contributed by atoms with Gasteiger partial charge in [-0.05, 0) is 97.0 Å². The van der Waals surface area contributed by atoms with E-state index in [-0.39, 0.29) is 0 Å². The van der Waals surface area contributed by atoms with Gasteiger partial charge in [0.1, 0.15) is 0 Å². The minimum absolute atomic E-state index is 0.386. The molecule has 0 bridgehead atoms. The standard InChI is InChI=1S/C38H70N4O4/c1-5-7-9-11-13-15-17-19-28-41(3)30-21-23-32-45-37(43)39-35-26-25-27-36(34-35)40-38(44)46-33-24-22-31-42(4)29-20-18-16-14-12-10-8-6-2/h25-27,34H,5-24,28-33H2,1-4H3,(H,39,43)(H,40,44). The zero-order valence-electron chi connectivity index (χ0n) is 30.2. The molecule has 0 saturated heterocycles. The Bertz CT molecular complexity index is 804. The summed E-state index contributed by atoms with van der Waals surface area (Å²) < 4.78 is 10.7. The number of nitrogens with one attached hydrogen (secondary N) is 2. The third kappa shape index (κ3) is 25.8. The van der Waals surface area contributed by atoms with Crippen molar-refractivity contribution in [1.29, 1.82) is 0 Å². The van der Waals surface area contributed by atoms with E-state index in [2.05, 4.69) is 48.4 Å². The van der Waals surface area contributed by atoms with E-state index in [9.17, 15) is 9.59 Å². The van der Waals surface area contributed by atoms with Gasteiger partial charge >= 0.3 is 12.2 Å². The summed E-state index contributed by atoms with van der Waals surface area (Å²) in [5, 5.41) is 5.49. The van der Waals surface area contributed by atoms with Crippen LogP contribution in [-0.4, -0.2) is 75.5 Å². The van der Waals surface area contributed by atoms with Crippen LogP contribution in [0.2, 0.25) is 0 Å². The van der Waals surface area contributed by atoms with Gasteiger partial charge in [0.15, 0.2) is 0 Å². The summed E-state index contributed by atoms with van der Waals surface area (Å²) in [5.74, 6) is 0. The number of nitrogens with zero attached hydrogens (tertiary/aromatic N) is 2. The molecule has 0 radical (unpaired) electrons. The van der Waals surface area contributed by atoms with E-state index in [1.807, 2.05) is 0 Å². The van der Waals surface area contributed by atoms with Gasteiger partial charge in [0.2, 0.25) is 0 Å². The highest BCUT2D eigenvalue weighted by Gasteiger charge is 2.08. The maximum Gasteiger partial charge on any atom is 0.411 e. The number of rotatable bonds is 30. The summed E-state index contributed by atoms with van der Waals surface area (Å²) in [4.78, 5) is 29.3. The average molecular weight is 647 g/mol. The highest BCUT2D eigenvalue weighted by atomic mass is 16.6. The highest BCUT2D eigenvalue weighted by Crippen LogP contribution is 2.16. The fourth-order valence-corrected chi connectivity index (χ4v) is 5.53. The molecule has 1 aromatic carbocycles. The largest absolute Gasteiger partial charge is 0.449 e. The second-order valence-electron chi connectivity index (χ2n) is 13.1. The molecule has 0 heterocycles. The van der Waals surface area contributed by atoms with Crippen LogP contribution in [0.4, 0.5) is 21.0 Å². The number of anilines is 2. The van der Waals surface area contributed by atoms with E-state index < -0.39 is 12.2 Å². The van der Waals surface area contributed by atoms with Crippen molar-refractivity contribution in [2.45, 2.75) is 142 Å². The molecule has 2 amide bonds. The quantitative estimate of drug-likeness (QED) is 0.0809. The molecule has 1 aromatic rings. The maximum atomic E-state index is 12.3. The van der Waals surface area contributed by atoms with Gasteiger partial charge in [-0.15, -0.1) is 0 Å². The van der Waals surface area contributed by atoms with Crippen molar-refractivity contribution in [3.63, 3.8) is 0 Å². The Balaban J connectivity index is 2.07. The van der Waals surface area contributed by atoms with Crippen LogP contribution in [0.1, 0.15) is 142 Å². The van der Waals surface area contributed by atoms with Crippen molar-refractivity contribution in [2.75, 3.05) is 64.1 Å². The summed E-state index contributed by atoms with van der Waals surface area (Å²) in [7, 11) is 4.34. The summed E-state index contributed by atoms with van der Waals surface area (Å²) in [6.45, 7) is 9.59. The number of benzene rings is 1. The predicted molar refractivity (Wildman–Crippen MR) is 195 cm³/mol. The minimum atomic E-state index is -0.487. The number of unbranched alkanes of at least 4 members (excludes halogenated alkanes) is 16. The average Bonchev–Trinajstić information content (AvgIpc) is 3.03. The smallest absolute Gasteiger partial charge is 0.411 e. The van der Waals surface area contributed by atoms with Crippen LogP contribution in [0.25, 0.3) is 0 Å². The van der Waals surface area contributed by atoms with Gasteiger partial charge in [-0.2, -0.15) is 0 Å². The van der Waals surface area contributed by atoms with Crippen molar-refractivity contribution in [2.24, 2.45) is 0 Å². The third-order valence-electron chi connectivity index (χ3n) is 8.48. The SMILES string of the molecule is CCCCCCCCCCN(C)CCCCOC(=O)Nc1cccc(NC(=O)OCCCCN(C)CCCCCCCCCC)c1. The Morgan fingerprint density at radius 1 is 0.522 bits per heavy atom. The molecular weight excluding hydrogens is 576 g/mol. The van der Waals surface area contributed by atoms with Crippen LogP contribution >= 0.6 is 0 Å². The number of carbonyl (C=O) groups excluding carboxylic acids is 2. The number of hydrogen-bond acceptors (Lipinski definition) is 6. The topological polar surface area (TPSA) is 83.1 Å². The normalized spacial score (nSPS) is 11.3. The zero-order valence-corrected chi connectivity index (χ0v) is 30.2. The van der Waals surface area contributed by atoms with Crippen molar-refractivity contribution < 1.29 is 19.1 Å². The second kappa shape index (κ2) is 30.0. The Labute approximate surface area is 282 Å². The Kier molecular flexibility index (Phi) is 27.2. The molecule has 8 nitrogen and oxygen atoms in total. The fraction of sp³-hybridized carbons (Fsp3) is 0.789. The van der Waals surface area contributed by atoms with Crippen LogP contribution in [-0.2, 0) is 9.47 Å². The molecule has 0 unspecified atom stereocenters. The molecule has 0 atom stereocenters. The summed E-state index contributed by atoms with van der Waals surface area (Å²) in [5.41, 5.74) is 1.12. The maximum absolute atomic E-state index is 12.3. The van der Waals surface area contributed by atoms with E-state index >= 15 is 0 Å². The molecule has 266 valence electrons. The molecule has 0 saturated carbocycles. The van der Waals surface area contributed by atoms with Crippen molar-refractivity contribution in [1.82, 2.24) is 9.80 Å². The third-order valence-corrected chi connectivity index (χ3v) is 8.48. The lowest BCUT2D eigenvalue weighted by atomic mass is 10.1. The van der Waals surface area contributed by atoms with Crippen LogP contribution in [0.15, 0.2) is 24.3 Å². The molecule has 0 aliphatic heterocycles. The monoisotopic (exact) mass is 647 g/mol. The second-order valence-corrected chi connectivity index (χ2v) is 13.1. The lowest BCUT2D eigenvalue weighted by Crippen LogP contribution is -2.21. The van der Waals surface area contributed by atoms with E-state index in [1.54, 1.807) is 24.3 Å². The van der Waals surface area contributed by atoms with Gasteiger partial charge in [-0.3, -0.25) is 10.6 Å². The molecule has 0 aliphatic carbocycles. The number of carbonyl (C=O) groups is 2. The van der Waals surface area contributed by atoms with Gasteiger partial charge in [-0.1, -0.05) is 110 Å². The number of hydrogen-bond donors (Lipinski definition) is 2. The van der Waals surface area contributed by atoms with Gasteiger partial charge in [0, 0.05) is 11.4 Å². The van der Waals surface area contributed by atoms with Gasteiger partial charge in [-0.25, -0.2) is 9.59 Å². The molecule has 0 aliphatic rings. The number of amides is 2. The molecule has 0 spiro atoms. The van der Waals surface area contributed by atoms with Crippen LogP contribution in [0.3, 0.4) is 0 Å².